The maximum atomic E-state index is 11.2. The highest BCUT2D eigenvalue weighted by Crippen LogP contribution is 2.17. The van der Waals surface area contributed by atoms with Gasteiger partial charge in [0.25, 0.3) is 0 Å². The molecule has 2 N–H and O–H groups in total. The van der Waals surface area contributed by atoms with Crippen LogP contribution in [0.25, 0.3) is 0 Å². The van der Waals surface area contributed by atoms with Crippen LogP contribution in [0.3, 0.4) is 0 Å². The molecular weight excluding hydrogens is 250 g/mol. The number of carboxylic acids is 2. The van der Waals surface area contributed by atoms with Crippen LogP contribution in [0.4, 0.5) is 0 Å². The molecule has 1 fully saturated rings. The highest BCUT2D eigenvalue weighted by molar-refractivity contribution is 7.91. The maximum absolute atomic E-state index is 11.2. The van der Waals surface area contributed by atoms with Gasteiger partial charge in [-0.05, 0) is 12.8 Å². The van der Waals surface area contributed by atoms with Gasteiger partial charge in [-0.3, -0.25) is 14.5 Å². The van der Waals surface area contributed by atoms with Crippen LogP contribution in [-0.4, -0.2) is 66.1 Å². The Morgan fingerprint density at radius 3 is 1.82 bits per heavy atom. The second-order valence-corrected chi connectivity index (χ2v) is 6.38. The molecule has 8 heteroatoms. The number of rotatable bonds is 5. The molecule has 98 valence electrons. The fourth-order valence-corrected chi connectivity index (χ4v) is 3.37. The Kier molecular flexibility index (Phi) is 4.47. The van der Waals surface area contributed by atoms with Gasteiger partial charge in [0.15, 0.2) is 0 Å². The van der Waals surface area contributed by atoms with E-state index < -0.39 is 21.8 Å². The molecule has 0 aromatic carbocycles. The van der Waals surface area contributed by atoms with Gasteiger partial charge in [-0.1, -0.05) is 0 Å². The smallest absolute Gasteiger partial charge is 0.317 e. The summed E-state index contributed by atoms with van der Waals surface area (Å²) in [7, 11) is -3.03. The predicted octanol–water partition coefficient (Wildman–Crippen LogP) is -0.965. The number of nitrogens with zero attached hydrogens (tertiary/aromatic N) is 1. The van der Waals surface area contributed by atoms with Crippen LogP contribution in [-0.2, 0) is 19.4 Å². The van der Waals surface area contributed by atoms with Crippen LogP contribution >= 0.6 is 0 Å². The van der Waals surface area contributed by atoms with Crippen LogP contribution in [0.1, 0.15) is 12.8 Å². The van der Waals surface area contributed by atoms with E-state index in [4.69, 9.17) is 10.2 Å². The third kappa shape index (κ3) is 4.70. The Morgan fingerprint density at radius 1 is 1.06 bits per heavy atom. The van der Waals surface area contributed by atoms with Gasteiger partial charge in [-0.2, -0.15) is 0 Å². The molecule has 0 saturated carbocycles. The predicted molar refractivity (Wildman–Crippen MR) is 58.5 cm³/mol. The molecular formula is C9H15NO6S. The molecule has 1 aliphatic rings. The summed E-state index contributed by atoms with van der Waals surface area (Å²) < 4.78 is 22.4. The molecule has 0 aliphatic carbocycles. The van der Waals surface area contributed by atoms with Crippen molar-refractivity contribution in [3.05, 3.63) is 0 Å². The Labute approximate surface area is 98.9 Å². The minimum Gasteiger partial charge on any atom is -0.480 e. The number of sulfone groups is 1. The average molecular weight is 265 g/mol. The maximum Gasteiger partial charge on any atom is 0.317 e. The first-order valence-corrected chi connectivity index (χ1v) is 7.00. The van der Waals surface area contributed by atoms with Crippen molar-refractivity contribution in [3.8, 4) is 0 Å². The second kappa shape index (κ2) is 5.46. The zero-order valence-corrected chi connectivity index (χ0v) is 10.0. The zero-order valence-electron chi connectivity index (χ0n) is 9.20. The molecule has 0 spiro atoms. The lowest BCUT2D eigenvalue weighted by Crippen LogP contribution is -2.46. The molecule has 0 aromatic heterocycles. The van der Waals surface area contributed by atoms with Gasteiger partial charge in [-0.25, -0.2) is 8.42 Å². The largest absolute Gasteiger partial charge is 0.480 e. The standard InChI is InChI=1S/C9H15NO6S/c11-8(12)5-10(6-9(13)14)7-1-3-17(15,16)4-2-7/h7H,1-6H2,(H,11,12)(H,13,14). The highest BCUT2D eigenvalue weighted by atomic mass is 32.2. The molecule has 1 rings (SSSR count). The van der Waals surface area contributed by atoms with E-state index in [1.165, 1.54) is 4.90 Å². The highest BCUT2D eigenvalue weighted by Gasteiger charge is 2.29. The van der Waals surface area contributed by atoms with Gasteiger partial charge in [0, 0.05) is 6.04 Å². The molecule has 1 aliphatic heterocycles. The van der Waals surface area contributed by atoms with Crippen LogP contribution in [0, 0.1) is 0 Å². The fraction of sp³-hybridized carbons (Fsp3) is 0.778. The topological polar surface area (TPSA) is 112 Å². The molecule has 0 aromatic rings. The van der Waals surface area contributed by atoms with Crippen LogP contribution in [0.5, 0.6) is 0 Å². The van der Waals surface area contributed by atoms with Crippen molar-refractivity contribution in [2.24, 2.45) is 0 Å². The van der Waals surface area contributed by atoms with Gasteiger partial charge in [0.2, 0.25) is 0 Å². The van der Waals surface area contributed by atoms with Crippen molar-refractivity contribution < 1.29 is 28.2 Å². The van der Waals surface area contributed by atoms with E-state index in [1.807, 2.05) is 0 Å². The van der Waals surface area contributed by atoms with E-state index in [9.17, 15) is 18.0 Å². The lowest BCUT2D eigenvalue weighted by atomic mass is 10.1. The first-order chi connectivity index (χ1) is 7.80. The summed E-state index contributed by atoms with van der Waals surface area (Å²) in [5.41, 5.74) is 0. The lowest BCUT2D eigenvalue weighted by Gasteiger charge is -2.31. The van der Waals surface area contributed by atoms with Gasteiger partial charge in [0.1, 0.15) is 9.84 Å². The zero-order chi connectivity index (χ0) is 13.1. The molecule has 0 unspecified atom stereocenters. The molecule has 7 nitrogen and oxygen atoms in total. The van der Waals surface area contributed by atoms with Gasteiger partial charge in [-0.15, -0.1) is 0 Å². The summed E-state index contributed by atoms with van der Waals surface area (Å²) in [5.74, 6) is -2.24. The van der Waals surface area contributed by atoms with Crippen LogP contribution in [0.2, 0.25) is 0 Å². The van der Waals surface area contributed by atoms with Gasteiger partial charge < -0.3 is 10.2 Å². The van der Waals surface area contributed by atoms with E-state index in [2.05, 4.69) is 0 Å². The quantitative estimate of drug-likeness (QED) is 0.658. The first-order valence-electron chi connectivity index (χ1n) is 5.18. The average Bonchev–Trinajstić information content (AvgIpc) is 2.14. The monoisotopic (exact) mass is 265 g/mol. The molecule has 17 heavy (non-hydrogen) atoms. The van der Waals surface area contributed by atoms with E-state index in [1.54, 1.807) is 0 Å². The Morgan fingerprint density at radius 2 is 1.47 bits per heavy atom. The van der Waals surface area contributed by atoms with E-state index in [0.29, 0.717) is 12.8 Å². The number of aliphatic carboxylic acids is 2. The van der Waals surface area contributed by atoms with Crippen molar-refractivity contribution in [1.82, 2.24) is 4.90 Å². The first kappa shape index (κ1) is 13.9. The van der Waals surface area contributed by atoms with E-state index in [-0.39, 0.29) is 30.6 Å². The van der Waals surface area contributed by atoms with E-state index in [0.717, 1.165) is 0 Å². The van der Waals surface area contributed by atoms with Crippen molar-refractivity contribution in [2.75, 3.05) is 24.6 Å². The minimum atomic E-state index is -3.03. The summed E-state index contributed by atoms with van der Waals surface area (Å²) in [5, 5.41) is 17.4. The van der Waals surface area contributed by atoms with Crippen molar-refractivity contribution >= 4 is 21.8 Å². The molecule has 0 amide bonds. The second-order valence-electron chi connectivity index (χ2n) is 4.08. The van der Waals surface area contributed by atoms with Crippen molar-refractivity contribution in [3.63, 3.8) is 0 Å². The third-order valence-corrected chi connectivity index (χ3v) is 4.43. The Hall–Kier alpha value is -1.15. The van der Waals surface area contributed by atoms with Crippen LogP contribution in [0.15, 0.2) is 0 Å². The number of carboxylic acid groups (broad SMARTS) is 2. The molecule has 1 saturated heterocycles. The SMILES string of the molecule is O=C(O)CN(CC(=O)O)C1CCS(=O)(=O)CC1. The summed E-state index contributed by atoms with van der Waals surface area (Å²) in [6, 6.07) is -0.286. The Balaban J connectivity index is 2.64. The summed E-state index contributed by atoms with van der Waals surface area (Å²) in [6.07, 6.45) is 0.589. The molecule has 0 bridgehead atoms. The van der Waals surface area contributed by atoms with Crippen molar-refractivity contribution in [2.45, 2.75) is 18.9 Å². The van der Waals surface area contributed by atoms with Gasteiger partial charge in [0.05, 0.1) is 24.6 Å². The minimum absolute atomic E-state index is 0.00654. The fourth-order valence-electron chi connectivity index (χ4n) is 1.90. The lowest BCUT2D eigenvalue weighted by molar-refractivity contribution is -0.142. The molecule has 0 radical (unpaired) electrons. The number of hydrogen-bond acceptors (Lipinski definition) is 5. The normalized spacial score (nSPS) is 20.3. The molecule has 0 atom stereocenters. The van der Waals surface area contributed by atoms with Crippen molar-refractivity contribution in [1.29, 1.82) is 0 Å². The number of hydrogen-bond donors (Lipinski definition) is 2. The van der Waals surface area contributed by atoms with Gasteiger partial charge >= 0.3 is 11.9 Å². The van der Waals surface area contributed by atoms with E-state index >= 15 is 0 Å². The Bertz CT molecular complexity index is 374. The third-order valence-electron chi connectivity index (χ3n) is 2.72. The summed E-state index contributed by atoms with van der Waals surface area (Å²) in [6.45, 7) is -0.756. The number of carbonyl (C=O) groups is 2. The summed E-state index contributed by atoms with van der Waals surface area (Å²) in [4.78, 5) is 22.5. The molecule has 1 heterocycles. The summed E-state index contributed by atoms with van der Waals surface area (Å²) >= 11 is 0. The van der Waals surface area contributed by atoms with Crippen LogP contribution < -0.4 is 0 Å².